The molecule has 0 spiro atoms. The Labute approximate surface area is 166 Å². The lowest BCUT2D eigenvalue weighted by Crippen LogP contribution is -2.14. The molecule has 1 amide bonds. The summed E-state index contributed by atoms with van der Waals surface area (Å²) in [7, 11) is 0. The Balaban J connectivity index is 1.39. The number of aromatic nitrogens is 2. The van der Waals surface area contributed by atoms with Crippen molar-refractivity contribution in [2.45, 2.75) is 6.42 Å². The minimum Gasteiger partial charge on any atom is -0.457 e. The van der Waals surface area contributed by atoms with Crippen molar-refractivity contribution in [3.8, 4) is 22.1 Å². The van der Waals surface area contributed by atoms with Crippen molar-refractivity contribution in [1.29, 1.82) is 0 Å². The zero-order valence-electron chi connectivity index (χ0n) is 14.9. The van der Waals surface area contributed by atoms with Gasteiger partial charge in [0.05, 0.1) is 12.1 Å². The van der Waals surface area contributed by atoms with Crippen molar-refractivity contribution < 1.29 is 9.53 Å². The van der Waals surface area contributed by atoms with Gasteiger partial charge in [0, 0.05) is 35.1 Å². The number of amides is 1. The molecule has 0 radical (unpaired) electrons. The summed E-state index contributed by atoms with van der Waals surface area (Å²) in [6.45, 7) is 0. The van der Waals surface area contributed by atoms with E-state index in [2.05, 4.69) is 15.3 Å². The number of nitrogens with one attached hydrogen (secondary N) is 1. The molecule has 4 aromatic rings. The van der Waals surface area contributed by atoms with Crippen LogP contribution in [0.5, 0.6) is 11.5 Å². The molecule has 28 heavy (non-hydrogen) atoms. The highest BCUT2D eigenvalue weighted by atomic mass is 32.1. The first kappa shape index (κ1) is 17.9. The summed E-state index contributed by atoms with van der Waals surface area (Å²) >= 11 is 1.50. The van der Waals surface area contributed by atoms with Gasteiger partial charge < -0.3 is 10.1 Å². The molecule has 0 aliphatic carbocycles. The van der Waals surface area contributed by atoms with Crippen LogP contribution in [-0.2, 0) is 11.2 Å². The summed E-state index contributed by atoms with van der Waals surface area (Å²) in [5.74, 6) is 1.29. The second kappa shape index (κ2) is 8.45. The van der Waals surface area contributed by atoms with E-state index in [1.165, 1.54) is 11.3 Å². The highest BCUT2D eigenvalue weighted by Crippen LogP contribution is 2.25. The van der Waals surface area contributed by atoms with Crippen LogP contribution >= 0.6 is 11.3 Å². The van der Waals surface area contributed by atoms with Gasteiger partial charge in [-0.2, -0.15) is 0 Å². The number of carbonyl (C=O) groups is 1. The molecule has 0 saturated carbocycles. The Morgan fingerprint density at radius 3 is 2.68 bits per heavy atom. The standard InChI is InChI=1S/C22H17N3O2S/c26-21(13-18-15-28-22(25-18)16-6-5-11-23-14-16)24-17-7-4-10-20(12-17)27-19-8-2-1-3-9-19/h1-12,14-15H,13H2,(H,24,26). The van der Waals surface area contributed by atoms with E-state index < -0.39 is 0 Å². The number of pyridine rings is 1. The second-order valence-corrected chi connectivity index (χ2v) is 6.91. The van der Waals surface area contributed by atoms with Crippen LogP contribution < -0.4 is 10.1 Å². The van der Waals surface area contributed by atoms with Gasteiger partial charge in [0.25, 0.3) is 0 Å². The predicted molar refractivity (Wildman–Crippen MR) is 111 cm³/mol. The number of hydrogen-bond acceptors (Lipinski definition) is 5. The van der Waals surface area contributed by atoms with Crippen molar-refractivity contribution in [3.63, 3.8) is 0 Å². The topological polar surface area (TPSA) is 64.1 Å². The number of ether oxygens (including phenoxy) is 1. The molecule has 0 saturated heterocycles. The maximum Gasteiger partial charge on any atom is 0.230 e. The second-order valence-electron chi connectivity index (χ2n) is 6.05. The van der Waals surface area contributed by atoms with Gasteiger partial charge in [-0.05, 0) is 36.4 Å². The number of para-hydroxylation sites is 1. The van der Waals surface area contributed by atoms with Crippen LogP contribution in [0.2, 0.25) is 0 Å². The zero-order chi connectivity index (χ0) is 19.2. The van der Waals surface area contributed by atoms with Crippen molar-refractivity contribution in [3.05, 3.63) is 90.2 Å². The average molecular weight is 387 g/mol. The summed E-state index contributed by atoms with van der Waals surface area (Å²) in [6, 6.07) is 20.7. The molecule has 6 heteroatoms. The molecular formula is C22H17N3O2S. The third-order valence-corrected chi connectivity index (χ3v) is 4.84. The van der Waals surface area contributed by atoms with Crippen LogP contribution in [0.1, 0.15) is 5.69 Å². The summed E-state index contributed by atoms with van der Waals surface area (Å²) in [4.78, 5) is 21.0. The van der Waals surface area contributed by atoms with E-state index in [0.29, 0.717) is 11.4 Å². The first-order chi connectivity index (χ1) is 13.8. The number of nitrogens with zero attached hydrogens (tertiary/aromatic N) is 2. The summed E-state index contributed by atoms with van der Waals surface area (Å²) in [6.07, 6.45) is 3.70. The lowest BCUT2D eigenvalue weighted by atomic mass is 10.2. The molecular weight excluding hydrogens is 370 g/mol. The van der Waals surface area contributed by atoms with E-state index in [4.69, 9.17) is 4.74 Å². The lowest BCUT2D eigenvalue weighted by Gasteiger charge is -2.08. The van der Waals surface area contributed by atoms with Gasteiger partial charge in [-0.1, -0.05) is 24.3 Å². The largest absolute Gasteiger partial charge is 0.457 e. The van der Waals surface area contributed by atoms with Crippen LogP contribution in [0.4, 0.5) is 5.69 Å². The summed E-state index contributed by atoms with van der Waals surface area (Å²) < 4.78 is 5.80. The van der Waals surface area contributed by atoms with Gasteiger partial charge in [-0.25, -0.2) is 4.98 Å². The van der Waals surface area contributed by atoms with Crippen LogP contribution in [0, 0.1) is 0 Å². The monoisotopic (exact) mass is 387 g/mol. The third-order valence-electron chi connectivity index (χ3n) is 3.90. The van der Waals surface area contributed by atoms with Crippen molar-refractivity contribution in [2.24, 2.45) is 0 Å². The van der Waals surface area contributed by atoms with Crippen molar-refractivity contribution >= 4 is 22.9 Å². The van der Waals surface area contributed by atoms with Crippen molar-refractivity contribution in [2.75, 3.05) is 5.32 Å². The maximum absolute atomic E-state index is 12.4. The van der Waals surface area contributed by atoms with Gasteiger partial charge in [0.15, 0.2) is 0 Å². The molecule has 2 aromatic carbocycles. The highest BCUT2D eigenvalue weighted by molar-refractivity contribution is 7.13. The van der Waals surface area contributed by atoms with Crippen LogP contribution in [0.15, 0.2) is 84.5 Å². The normalized spacial score (nSPS) is 10.4. The van der Waals surface area contributed by atoms with Gasteiger partial charge >= 0.3 is 0 Å². The van der Waals surface area contributed by atoms with Gasteiger partial charge in [-0.15, -0.1) is 11.3 Å². The van der Waals surface area contributed by atoms with Crippen LogP contribution in [0.3, 0.4) is 0 Å². The minimum absolute atomic E-state index is 0.125. The summed E-state index contributed by atoms with van der Waals surface area (Å²) in [5, 5.41) is 5.65. The summed E-state index contributed by atoms with van der Waals surface area (Å²) in [5.41, 5.74) is 2.36. The predicted octanol–water partition coefficient (Wildman–Crippen LogP) is 5.18. The number of thiazole rings is 1. The van der Waals surface area contributed by atoms with E-state index in [-0.39, 0.29) is 12.3 Å². The lowest BCUT2D eigenvalue weighted by molar-refractivity contribution is -0.115. The molecule has 2 heterocycles. The first-order valence-electron chi connectivity index (χ1n) is 8.74. The van der Waals surface area contributed by atoms with Gasteiger partial charge in [0.2, 0.25) is 5.91 Å². The molecule has 1 N–H and O–H groups in total. The highest BCUT2D eigenvalue weighted by Gasteiger charge is 2.10. The van der Waals surface area contributed by atoms with E-state index in [9.17, 15) is 4.79 Å². The molecule has 2 aromatic heterocycles. The number of hydrogen-bond donors (Lipinski definition) is 1. The molecule has 0 bridgehead atoms. The van der Waals surface area contributed by atoms with Crippen molar-refractivity contribution in [1.82, 2.24) is 9.97 Å². The number of rotatable bonds is 6. The fourth-order valence-corrected chi connectivity index (χ4v) is 3.45. The van der Waals surface area contributed by atoms with E-state index >= 15 is 0 Å². The third kappa shape index (κ3) is 4.61. The molecule has 0 aliphatic heterocycles. The van der Waals surface area contributed by atoms with Crippen LogP contribution in [0.25, 0.3) is 10.6 Å². The number of carbonyl (C=O) groups excluding carboxylic acids is 1. The average Bonchev–Trinajstić information content (AvgIpc) is 3.18. The Hall–Kier alpha value is -3.51. The minimum atomic E-state index is -0.125. The van der Waals surface area contributed by atoms with Gasteiger partial charge in [0.1, 0.15) is 16.5 Å². The molecule has 138 valence electrons. The van der Waals surface area contributed by atoms with E-state index in [1.54, 1.807) is 18.5 Å². The Morgan fingerprint density at radius 1 is 1.00 bits per heavy atom. The van der Waals surface area contributed by atoms with Crippen LogP contribution in [-0.4, -0.2) is 15.9 Å². The maximum atomic E-state index is 12.4. The zero-order valence-corrected chi connectivity index (χ0v) is 15.7. The molecule has 4 rings (SSSR count). The van der Waals surface area contributed by atoms with Gasteiger partial charge in [-0.3, -0.25) is 9.78 Å². The van der Waals surface area contributed by atoms with E-state index in [0.717, 1.165) is 22.0 Å². The Bertz CT molecular complexity index is 1070. The SMILES string of the molecule is O=C(Cc1csc(-c2cccnc2)n1)Nc1cccc(Oc2ccccc2)c1. The number of anilines is 1. The Morgan fingerprint density at radius 2 is 1.86 bits per heavy atom. The fraction of sp³-hybridized carbons (Fsp3) is 0.0455. The first-order valence-corrected chi connectivity index (χ1v) is 9.62. The molecule has 0 fully saturated rings. The number of benzene rings is 2. The van der Waals surface area contributed by atoms with E-state index in [1.807, 2.05) is 66.0 Å². The smallest absolute Gasteiger partial charge is 0.230 e. The quantitative estimate of drug-likeness (QED) is 0.495. The molecule has 0 atom stereocenters. The molecule has 0 unspecified atom stereocenters. The molecule has 0 aliphatic rings. The Kier molecular flexibility index (Phi) is 5.40. The molecule has 5 nitrogen and oxygen atoms in total. The fourth-order valence-electron chi connectivity index (χ4n) is 2.64.